The minimum Gasteiger partial charge on any atom is -0.484 e. The maximum absolute atomic E-state index is 12.9. The van der Waals surface area contributed by atoms with Gasteiger partial charge in [-0.3, -0.25) is 14.2 Å². The van der Waals surface area contributed by atoms with E-state index in [-0.39, 0.29) is 18.1 Å². The first-order chi connectivity index (χ1) is 14.1. The number of carbonyl (C=O) groups excluding carboxylic acids is 1. The zero-order chi connectivity index (χ0) is 20.2. The molecule has 0 atom stereocenters. The molecule has 0 spiro atoms. The van der Waals surface area contributed by atoms with Gasteiger partial charge in [-0.05, 0) is 48.7 Å². The van der Waals surface area contributed by atoms with Gasteiger partial charge in [0.15, 0.2) is 6.61 Å². The van der Waals surface area contributed by atoms with Crippen LogP contribution in [0.1, 0.15) is 30.7 Å². The van der Waals surface area contributed by atoms with Crippen molar-refractivity contribution in [1.82, 2.24) is 14.9 Å². The Morgan fingerprint density at radius 1 is 1.14 bits per heavy atom. The van der Waals surface area contributed by atoms with Crippen molar-refractivity contribution >= 4 is 28.4 Å². The first kappa shape index (κ1) is 19.5. The van der Waals surface area contributed by atoms with E-state index < -0.39 is 0 Å². The SMILES string of the molecule is O=C(COc1ccc2nc3n(c(=O)c2c1)CCCCC3)NCc1ccc(Cl)cc1. The normalized spacial score (nSPS) is 13.6. The predicted molar refractivity (Wildman–Crippen MR) is 112 cm³/mol. The highest BCUT2D eigenvalue weighted by atomic mass is 35.5. The minimum atomic E-state index is -0.239. The summed E-state index contributed by atoms with van der Waals surface area (Å²) in [5, 5.41) is 3.98. The highest BCUT2D eigenvalue weighted by Gasteiger charge is 2.14. The molecule has 1 N–H and O–H groups in total. The van der Waals surface area contributed by atoms with Crippen molar-refractivity contribution in [2.24, 2.45) is 0 Å². The maximum atomic E-state index is 12.9. The van der Waals surface area contributed by atoms with E-state index in [9.17, 15) is 9.59 Å². The topological polar surface area (TPSA) is 73.2 Å². The molecule has 0 fully saturated rings. The second kappa shape index (κ2) is 8.66. The molecule has 1 aliphatic rings. The average Bonchev–Trinajstić information content (AvgIpc) is 2.98. The highest BCUT2D eigenvalue weighted by molar-refractivity contribution is 6.30. The van der Waals surface area contributed by atoms with Crippen LogP contribution in [-0.2, 0) is 24.3 Å². The first-order valence-electron chi connectivity index (χ1n) is 9.77. The highest BCUT2D eigenvalue weighted by Crippen LogP contribution is 2.19. The molecule has 7 heteroatoms. The summed E-state index contributed by atoms with van der Waals surface area (Å²) in [7, 11) is 0. The Hall–Kier alpha value is -2.86. The van der Waals surface area contributed by atoms with Crippen LogP contribution < -0.4 is 15.6 Å². The van der Waals surface area contributed by atoms with Crippen LogP contribution in [0.25, 0.3) is 10.9 Å². The Kier molecular flexibility index (Phi) is 5.81. The van der Waals surface area contributed by atoms with Crippen molar-refractivity contribution in [3.8, 4) is 5.75 Å². The van der Waals surface area contributed by atoms with Gasteiger partial charge in [-0.15, -0.1) is 0 Å². The van der Waals surface area contributed by atoms with E-state index in [4.69, 9.17) is 16.3 Å². The summed E-state index contributed by atoms with van der Waals surface area (Å²) in [6, 6.07) is 12.5. The molecular weight excluding hydrogens is 390 g/mol. The minimum absolute atomic E-state index is 0.0375. The fourth-order valence-corrected chi connectivity index (χ4v) is 3.62. The molecule has 0 bridgehead atoms. The number of hydrogen-bond acceptors (Lipinski definition) is 4. The van der Waals surface area contributed by atoms with Crippen LogP contribution in [-0.4, -0.2) is 22.1 Å². The van der Waals surface area contributed by atoms with Crippen molar-refractivity contribution in [3.63, 3.8) is 0 Å². The van der Waals surface area contributed by atoms with Gasteiger partial charge in [0.25, 0.3) is 11.5 Å². The quantitative estimate of drug-likeness (QED) is 0.697. The number of ether oxygens (including phenoxy) is 1. The van der Waals surface area contributed by atoms with Gasteiger partial charge in [0.1, 0.15) is 11.6 Å². The van der Waals surface area contributed by atoms with Gasteiger partial charge >= 0.3 is 0 Å². The van der Waals surface area contributed by atoms with E-state index in [1.165, 1.54) is 0 Å². The largest absolute Gasteiger partial charge is 0.484 e. The Morgan fingerprint density at radius 3 is 2.79 bits per heavy atom. The van der Waals surface area contributed by atoms with E-state index in [2.05, 4.69) is 10.3 Å². The molecule has 0 saturated carbocycles. The number of aryl methyl sites for hydroxylation is 1. The molecule has 0 aliphatic carbocycles. The summed E-state index contributed by atoms with van der Waals surface area (Å²) in [6.07, 6.45) is 3.99. The molecule has 3 aromatic rings. The molecule has 0 unspecified atom stereocenters. The third-order valence-corrected chi connectivity index (χ3v) is 5.31. The van der Waals surface area contributed by atoms with Gasteiger partial charge in [0.05, 0.1) is 10.9 Å². The summed E-state index contributed by atoms with van der Waals surface area (Å²) >= 11 is 5.86. The lowest BCUT2D eigenvalue weighted by Crippen LogP contribution is -2.28. The number of rotatable bonds is 5. The third-order valence-electron chi connectivity index (χ3n) is 5.06. The van der Waals surface area contributed by atoms with Gasteiger partial charge in [0.2, 0.25) is 0 Å². The zero-order valence-electron chi connectivity index (χ0n) is 16.0. The van der Waals surface area contributed by atoms with E-state index in [0.717, 1.165) is 37.1 Å². The molecule has 4 rings (SSSR count). The van der Waals surface area contributed by atoms with Crippen LogP contribution in [0.4, 0.5) is 0 Å². The van der Waals surface area contributed by atoms with E-state index in [1.54, 1.807) is 34.9 Å². The van der Waals surface area contributed by atoms with Crippen LogP contribution in [0.5, 0.6) is 5.75 Å². The number of nitrogens with zero attached hydrogens (tertiary/aromatic N) is 2. The molecule has 0 radical (unpaired) electrons. The number of halogens is 1. The number of hydrogen-bond donors (Lipinski definition) is 1. The Bertz CT molecular complexity index is 1090. The molecule has 29 heavy (non-hydrogen) atoms. The number of nitrogens with one attached hydrogen (secondary N) is 1. The van der Waals surface area contributed by atoms with Crippen LogP contribution in [0.3, 0.4) is 0 Å². The lowest BCUT2D eigenvalue weighted by Gasteiger charge is -2.11. The second-order valence-corrected chi connectivity index (χ2v) is 7.60. The van der Waals surface area contributed by atoms with Crippen molar-refractivity contribution in [2.45, 2.75) is 38.8 Å². The number of fused-ring (bicyclic) bond motifs is 2. The summed E-state index contributed by atoms with van der Waals surface area (Å²) in [4.78, 5) is 29.6. The Balaban J connectivity index is 1.43. The molecule has 1 aromatic heterocycles. The van der Waals surface area contributed by atoms with E-state index in [1.807, 2.05) is 12.1 Å². The molecule has 0 saturated heterocycles. The number of amides is 1. The van der Waals surface area contributed by atoms with Crippen molar-refractivity contribution < 1.29 is 9.53 Å². The lowest BCUT2D eigenvalue weighted by molar-refractivity contribution is -0.123. The predicted octanol–water partition coefficient (Wildman–Crippen LogP) is 3.47. The summed E-state index contributed by atoms with van der Waals surface area (Å²) < 4.78 is 7.37. The molecule has 150 valence electrons. The van der Waals surface area contributed by atoms with Crippen molar-refractivity contribution in [1.29, 1.82) is 0 Å². The van der Waals surface area contributed by atoms with Crippen molar-refractivity contribution in [2.75, 3.05) is 6.61 Å². The van der Waals surface area contributed by atoms with Gasteiger partial charge in [0, 0.05) is 24.5 Å². The summed E-state index contributed by atoms with van der Waals surface area (Å²) in [5.41, 5.74) is 1.58. The first-order valence-corrected chi connectivity index (χ1v) is 10.2. The van der Waals surface area contributed by atoms with Crippen LogP contribution in [0, 0.1) is 0 Å². The second-order valence-electron chi connectivity index (χ2n) is 7.17. The summed E-state index contributed by atoms with van der Waals surface area (Å²) in [5.74, 6) is 1.10. The van der Waals surface area contributed by atoms with Gasteiger partial charge < -0.3 is 10.1 Å². The van der Waals surface area contributed by atoms with Crippen LogP contribution in [0.2, 0.25) is 5.02 Å². The molecular formula is C22H22ClN3O3. The third kappa shape index (κ3) is 4.59. The van der Waals surface area contributed by atoms with Crippen LogP contribution >= 0.6 is 11.6 Å². The molecule has 2 aromatic carbocycles. The number of aromatic nitrogens is 2. The lowest BCUT2D eigenvalue weighted by atomic mass is 10.2. The van der Waals surface area contributed by atoms with Crippen molar-refractivity contribution in [3.05, 3.63) is 69.2 Å². The number of carbonyl (C=O) groups is 1. The monoisotopic (exact) mass is 411 g/mol. The fourth-order valence-electron chi connectivity index (χ4n) is 3.49. The number of benzene rings is 2. The standard InChI is InChI=1S/C22H22ClN3O3/c23-16-7-5-15(6-8-16)13-24-21(27)14-29-17-9-10-19-18(12-17)22(28)26-11-3-1-2-4-20(26)25-19/h5-10,12H,1-4,11,13-14H2,(H,24,27). The smallest absolute Gasteiger partial charge is 0.261 e. The Labute approximate surface area is 173 Å². The summed E-state index contributed by atoms with van der Waals surface area (Å²) in [6.45, 7) is 0.975. The molecule has 6 nitrogen and oxygen atoms in total. The van der Waals surface area contributed by atoms with E-state index in [0.29, 0.717) is 34.8 Å². The van der Waals surface area contributed by atoms with Gasteiger partial charge in [-0.1, -0.05) is 30.2 Å². The van der Waals surface area contributed by atoms with Gasteiger partial charge in [-0.2, -0.15) is 0 Å². The zero-order valence-corrected chi connectivity index (χ0v) is 16.7. The fraction of sp³-hybridized carbons (Fsp3) is 0.318. The maximum Gasteiger partial charge on any atom is 0.261 e. The van der Waals surface area contributed by atoms with Crippen LogP contribution in [0.15, 0.2) is 47.3 Å². The average molecular weight is 412 g/mol. The van der Waals surface area contributed by atoms with E-state index >= 15 is 0 Å². The molecule has 2 heterocycles. The molecule has 1 aliphatic heterocycles. The Morgan fingerprint density at radius 2 is 1.97 bits per heavy atom. The molecule has 1 amide bonds. The van der Waals surface area contributed by atoms with Gasteiger partial charge in [-0.25, -0.2) is 4.98 Å².